The predicted octanol–water partition coefficient (Wildman–Crippen LogP) is 0.954. The molecule has 6 heteroatoms. The summed E-state index contributed by atoms with van der Waals surface area (Å²) in [4.78, 5) is 16.7. The van der Waals surface area contributed by atoms with Crippen molar-refractivity contribution >= 4 is 5.91 Å². The Hall–Kier alpha value is -1.66. The zero-order chi connectivity index (χ0) is 15.5. The molecule has 0 aromatic heterocycles. The van der Waals surface area contributed by atoms with Crippen LogP contribution in [-0.2, 0) is 0 Å². The van der Waals surface area contributed by atoms with Crippen LogP contribution in [0.2, 0.25) is 0 Å². The Morgan fingerprint density at radius 2 is 2.09 bits per heavy atom. The van der Waals surface area contributed by atoms with Gasteiger partial charge in [-0.15, -0.1) is 0 Å². The second-order valence-electron chi connectivity index (χ2n) is 5.82. The molecule has 0 bridgehead atoms. The second kappa shape index (κ2) is 6.62. The predicted molar refractivity (Wildman–Crippen MR) is 81.7 cm³/mol. The maximum Gasteiger partial charge on any atom is 0.254 e. The lowest BCUT2D eigenvalue weighted by Crippen LogP contribution is -2.52. The van der Waals surface area contributed by atoms with E-state index in [0.717, 1.165) is 26.2 Å². The van der Waals surface area contributed by atoms with Gasteiger partial charge in [-0.2, -0.15) is 0 Å². The molecule has 0 radical (unpaired) electrons. The van der Waals surface area contributed by atoms with Crippen LogP contribution in [-0.4, -0.2) is 68.1 Å². The lowest BCUT2D eigenvalue weighted by molar-refractivity contribution is 0.0583. The topological polar surface area (TPSA) is 44.8 Å². The zero-order valence-electron chi connectivity index (χ0n) is 12.8. The van der Waals surface area contributed by atoms with Crippen LogP contribution >= 0.6 is 0 Å². The Bertz CT molecular complexity index is 538. The van der Waals surface area contributed by atoms with E-state index in [1.54, 1.807) is 11.0 Å². The molecule has 1 amide bonds. The molecular weight excluding hydrogens is 285 g/mol. The average Bonchev–Trinajstić information content (AvgIpc) is 3.09. The molecule has 2 heterocycles. The number of piperazine rings is 1. The molecule has 1 aromatic carbocycles. The summed E-state index contributed by atoms with van der Waals surface area (Å²) in [5.41, 5.74) is 0.384. The van der Waals surface area contributed by atoms with Crippen molar-refractivity contribution in [3.05, 3.63) is 29.6 Å². The van der Waals surface area contributed by atoms with Crippen LogP contribution in [0.25, 0.3) is 0 Å². The molecule has 1 N–H and O–H groups in total. The maximum absolute atomic E-state index is 13.7. The summed E-state index contributed by atoms with van der Waals surface area (Å²) in [5, 5.41) is 3.37. The molecule has 2 aliphatic heterocycles. The van der Waals surface area contributed by atoms with E-state index in [0.29, 0.717) is 24.7 Å². The molecule has 2 fully saturated rings. The molecule has 3 rings (SSSR count). The van der Waals surface area contributed by atoms with E-state index < -0.39 is 5.82 Å². The number of benzene rings is 1. The molecule has 1 aromatic rings. The summed E-state index contributed by atoms with van der Waals surface area (Å²) in [6.45, 7) is 5.28. The van der Waals surface area contributed by atoms with E-state index in [1.165, 1.54) is 25.7 Å². The molecule has 120 valence electrons. The maximum atomic E-state index is 13.7. The van der Waals surface area contributed by atoms with Gasteiger partial charge < -0.3 is 15.0 Å². The van der Waals surface area contributed by atoms with Crippen LogP contribution < -0.4 is 10.1 Å². The largest absolute Gasteiger partial charge is 0.494 e. The van der Waals surface area contributed by atoms with E-state index in [2.05, 4.69) is 10.2 Å². The number of carbonyl (C=O) groups is 1. The minimum absolute atomic E-state index is 0.106. The van der Waals surface area contributed by atoms with E-state index >= 15 is 0 Å². The van der Waals surface area contributed by atoms with Gasteiger partial charge in [-0.05, 0) is 31.2 Å². The van der Waals surface area contributed by atoms with Gasteiger partial charge in [-0.3, -0.25) is 9.69 Å². The lowest BCUT2D eigenvalue weighted by Gasteiger charge is -2.37. The van der Waals surface area contributed by atoms with Gasteiger partial charge in [0.1, 0.15) is 0 Å². The van der Waals surface area contributed by atoms with E-state index in [4.69, 9.17) is 4.74 Å². The third-order valence-electron chi connectivity index (χ3n) is 4.55. The van der Waals surface area contributed by atoms with E-state index in [9.17, 15) is 9.18 Å². The Balaban J connectivity index is 1.60. The van der Waals surface area contributed by atoms with Crippen molar-refractivity contribution in [1.82, 2.24) is 15.1 Å². The van der Waals surface area contributed by atoms with Crippen LogP contribution in [0.4, 0.5) is 4.39 Å². The van der Waals surface area contributed by atoms with Gasteiger partial charge in [0.2, 0.25) is 0 Å². The third kappa shape index (κ3) is 3.08. The van der Waals surface area contributed by atoms with Crippen molar-refractivity contribution in [2.75, 3.05) is 46.4 Å². The molecule has 5 nitrogen and oxygen atoms in total. The van der Waals surface area contributed by atoms with Crippen molar-refractivity contribution < 1.29 is 13.9 Å². The fourth-order valence-corrected chi connectivity index (χ4v) is 3.22. The van der Waals surface area contributed by atoms with Gasteiger partial charge in [-0.25, -0.2) is 4.39 Å². The number of ether oxygens (including phenoxy) is 1. The fourth-order valence-electron chi connectivity index (χ4n) is 3.22. The van der Waals surface area contributed by atoms with E-state index in [-0.39, 0.29) is 11.7 Å². The van der Waals surface area contributed by atoms with Crippen molar-refractivity contribution in [2.45, 2.75) is 12.5 Å². The van der Waals surface area contributed by atoms with Crippen LogP contribution in [0.1, 0.15) is 16.8 Å². The SMILES string of the molecule is COc1ccc(C(=O)N2CCN(C3CCNC3)CC2)cc1F. The number of rotatable bonds is 3. The Morgan fingerprint density at radius 1 is 1.32 bits per heavy atom. The summed E-state index contributed by atoms with van der Waals surface area (Å²) >= 11 is 0. The molecule has 1 unspecified atom stereocenters. The Morgan fingerprint density at radius 3 is 2.68 bits per heavy atom. The molecule has 2 aliphatic rings. The highest BCUT2D eigenvalue weighted by Gasteiger charge is 2.28. The highest BCUT2D eigenvalue weighted by molar-refractivity contribution is 5.94. The smallest absolute Gasteiger partial charge is 0.254 e. The quantitative estimate of drug-likeness (QED) is 0.903. The van der Waals surface area contributed by atoms with Crippen LogP contribution in [0.15, 0.2) is 18.2 Å². The minimum Gasteiger partial charge on any atom is -0.494 e. The first kappa shape index (κ1) is 15.2. The molecule has 0 aliphatic carbocycles. The average molecular weight is 307 g/mol. The summed E-state index contributed by atoms with van der Waals surface area (Å²) in [6, 6.07) is 4.98. The van der Waals surface area contributed by atoms with Crippen LogP contribution in [0, 0.1) is 5.82 Å². The van der Waals surface area contributed by atoms with Gasteiger partial charge in [0.05, 0.1) is 7.11 Å². The Labute approximate surface area is 130 Å². The zero-order valence-corrected chi connectivity index (χ0v) is 12.8. The first-order valence-corrected chi connectivity index (χ1v) is 7.76. The number of nitrogens with one attached hydrogen (secondary N) is 1. The first-order chi connectivity index (χ1) is 10.7. The molecule has 1 atom stereocenters. The highest BCUT2D eigenvalue weighted by Crippen LogP contribution is 2.20. The number of carbonyl (C=O) groups excluding carboxylic acids is 1. The van der Waals surface area contributed by atoms with Crippen molar-refractivity contribution in [3.8, 4) is 5.75 Å². The van der Waals surface area contributed by atoms with Crippen molar-refractivity contribution in [2.24, 2.45) is 0 Å². The van der Waals surface area contributed by atoms with Gasteiger partial charge in [0, 0.05) is 44.3 Å². The number of amides is 1. The van der Waals surface area contributed by atoms with Gasteiger partial charge in [-0.1, -0.05) is 0 Å². The normalized spacial score (nSPS) is 22.8. The summed E-state index contributed by atoms with van der Waals surface area (Å²) in [6.07, 6.45) is 1.18. The molecule has 0 saturated carbocycles. The van der Waals surface area contributed by atoms with E-state index in [1.807, 2.05) is 0 Å². The van der Waals surface area contributed by atoms with Crippen molar-refractivity contribution in [3.63, 3.8) is 0 Å². The Kier molecular flexibility index (Phi) is 4.59. The standard InChI is InChI=1S/C16H22FN3O2/c1-22-15-3-2-12(10-14(15)17)16(21)20-8-6-19(7-9-20)13-4-5-18-11-13/h2-3,10,13,18H,4-9,11H2,1H3. The number of hydrogen-bond acceptors (Lipinski definition) is 4. The summed E-state index contributed by atoms with van der Waals surface area (Å²) < 4.78 is 18.6. The summed E-state index contributed by atoms with van der Waals surface area (Å²) in [5.74, 6) is -0.440. The monoisotopic (exact) mass is 307 g/mol. The summed E-state index contributed by atoms with van der Waals surface area (Å²) in [7, 11) is 1.41. The number of halogens is 1. The van der Waals surface area contributed by atoms with Gasteiger partial charge >= 0.3 is 0 Å². The van der Waals surface area contributed by atoms with Gasteiger partial charge in [0.15, 0.2) is 11.6 Å². The van der Waals surface area contributed by atoms with Crippen LogP contribution in [0.5, 0.6) is 5.75 Å². The lowest BCUT2D eigenvalue weighted by atomic mass is 10.1. The number of hydrogen-bond donors (Lipinski definition) is 1. The van der Waals surface area contributed by atoms with Crippen LogP contribution in [0.3, 0.4) is 0 Å². The highest BCUT2D eigenvalue weighted by atomic mass is 19.1. The molecule has 2 saturated heterocycles. The fraction of sp³-hybridized carbons (Fsp3) is 0.562. The first-order valence-electron chi connectivity index (χ1n) is 7.76. The van der Waals surface area contributed by atoms with Crippen molar-refractivity contribution in [1.29, 1.82) is 0 Å². The number of methoxy groups -OCH3 is 1. The molecular formula is C16H22FN3O2. The number of nitrogens with zero attached hydrogens (tertiary/aromatic N) is 2. The minimum atomic E-state index is -0.496. The molecule has 22 heavy (non-hydrogen) atoms. The third-order valence-corrected chi connectivity index (χ3v) is 4.55. The molecule has 0 spiro atoms. The van der Waals surface area contributed by atoms with Gasteiger partial charge in [0.25, 0.3) is 5.91 Å². The second-order valence-corrected chi connectivity index (χ2v) is 5.82.